The third-order valence-corrected chi connectivity index (χ3v) is 8.78. The SMILES string of the molecule is CC(C)N1CC(C(=O)Nc2n[nH]c(-c3ccccn3)n2)CC1=O.O=C(Nc1n[nH]c(-c2ccccn2)n1)C1CCS(=O)(=O)C1. The first-order valence-corrected chi connectivity index (χ1v) is 15.7. The molecule has 6 rings (SSSR count). The molecule has 44 heavy (non-hydrogen) atoms. The van der Waals surface area contributed by atoms with Crippen LogP contribution >= 0.6 is 0 Å². The molecule has 17 heteroatoms. The molecular weight excluding hydrogens is 590 g/mol. The summed E-state index contributed by atoms with van der Waals surface area (Å²) >= 11 is 0. The molecule has 2 aliphatic rings. The first-order valence-electron chi connectivity index (χ1n) is 13.9. The van der Waals surface area contributed by atoms with Crippen molar-refractivity contribution in [2.45, 2.75) is 32.7 Å². The maximum atomic E-state index is 12.3. The number of anilines is 2. The fourth-order valence-electron chi connectivity index (χ4n) is 4.70. The molecule has 0 bridgehead atoms. The third-order valence-electron chi connectivity index (χ3n) is 7.01. The fraction of sp³-hybridized carbons (Fsp3) is 0.370. The summed E-state index contributed by atoms with van der Waals surface area (Å²) in [5.74, 6) is -0.365. The van der Waals surface area contributed by atoms with Crippen molar-refractivity contribution in [2.75, 3.05) is 28.7 Å². The predicted octanol–water partition coefficient (Wildman–Crippen LogP) is 1.30. The Hall–Kier alpha value is -5.06. The van der Waals surface area contributed by atoms with Gasteiger partial charge in [-0.2, -0.15) is 9.97 Å². The van der Waals surface area contributed by atoms with Crippen LogP contribution in [0.2, 0.25) is 0 Å². The lowest BCUT2D eigenvalue weighted by molar-refractivity contribution is -0.129. The zero-order valence-corrected chi connectivity index (χ0v) is 24.8. The molecule has 0 saturated carbocycles. The van der Waals surface area contributed by atoms with E-state index in [2.05, 4.69) is 51.0 Å². The molecule has 2 unspecified atom stereocenters. The summed E-state index contributed by atoms with van der Waals surface area (Å²) in [7, 11) is -3.09. The molecule has 6 heterocycles. The van der Waals surface area contributed by atoms with Crippen LogP contribution in [0, 0.1) is 11.8 Å². The Morgan fingerprint density at radius 2 is 1.43 bits per heavy atom. The van der Waals surface area contributed by atoms with Crippen molar-refractivity contribution in [1.29, 1.82) is 0 Å². The molecule has 2 saturated heterocycles. The highest BCUT2D eigenvalue weighted by atomic mass is 32.2. The van der Waals surface area contributed by atoms with Crippen LogP contribution < -0.4 is 10.6 Å². The molecule has 0 radical (unpaired) electrons. The van der Waals surface area contributed by atoms with E-state index in [0.717, 1.165) is 0 Å². The van der Waals surface area contributed by atoms with Gasteiger partial charge in [0, 0.05) is 31.4 Å². The minimum Gasteiger partial charge on any atom is -0.339 e. The summed E-state index contributed by atoms with van der Waals surface area (Å²) in [4.78, 5) is 54.4. The number of hydrogen-bond donors (Lipinski definition) is 4. The largest absolute Gasteiger partial charge is 0.339 e. The number of aromatic amines is 2. The molecule has 2 fully saturated rings. The van der Waals surface area contributed by atoms with E-state index in [1.54, 1.807) is 41.6 Å². The Morgan fingerprint density at radius 3 is 1.86 bits per heavy atom. The molecule has 0 spiro atoms. The summed E-state index contributed by atoms with van der Waals surface area (Å²) in [5.41, 5.74) is 1.25. The molecule has 4 aromatic rings. The van der Waals surface area contributed by atoms with Crippen LogP contribution in [0.3, 0.4) is 0 Å². The molecule has 2 aliphatic heterocycles. The van der Waals surface area contributed by atoms with Gasteiger partial charge < -0.3 is 4.90 Å². The zero-order valence-electron chi connectivity index (χ0n) is 24.0. The second kappa shape index (κ2) is 13.1. The first-order chi connectivity index (χ1) is 21.1. The number of carbonyl (C=O) groups is 3. The van der Waals surface area contributed by atoms with Crippen molar-refractivity contribution in [1.82, 2.24) is 45.2 Å². The molecular formula is C27H31N11O5S. The number of rotatable bonds is 7. The molecule has 2 atom stereocenters. The van der Waals surface area contributed by atoms with E-state index < -0.39 is 15.8 Å². The number of hydrogen-bond acceptors (Lipinski definition) is 11. The summed E-state index contributed by atoms with van der Waals surface area (Å²) in [6.07, 6.45) is 3.84. The third kappa shape index (κ3) is 7.47. The monoisotopic (exact) mass is 621 g/mol. The van der Waals surface area contributed by atoms with Crippen molar-refractivity contribution in [3.63, 3.8) is 0 Å². The van der Waals surface area contributed by atoms with E-state index >= 15 is 0 Å². The van der Waals surface area contributed by atoms with Gasteiger partial charge in [0.15, 0.2) is 21.5 Å². The summed E-state index contributed by atoms with van der Waals surface area (Å²) in [6, 6.07) is 10.9. The standard InChI is InChI=1S/C15H18N6O2.C12H13N5O3S/c1-9(2)21-8-10(7-12(21)22)14(23)18-15-17-13(19-20-15)11-5-3-4-6-16-11;18-11(8-4-6-21(19,20)7-8)15-12-14-10(16-17-12)9-3-1-2-5-13-9/h3-6,9-10H,7-8H2,1-2H3,(H2,17,18,19,20,23);1-3,5,8H,4,6-7H2,(H2,14,15,16,17,18). The number of sulfone groups is 1. The minimum atomic E-state index is -3.09. The summed E-state index contributed by atoms with van der Waals surface area (Å²) in [5, 5.41) is 18.5. The molecule has 0 aromatic carbocycles. The van der Waals surface area contributed by atoms with Gasteiger partial charge in [-0.15, -0.1) is 10.2 Å². The van der Waals surface area contributed by atoms with Gasteiger partial charge in [0.1, 0.15) is 11.4 Å². The van der Waals surface area contributed by atoms with Crippen molar-refractivity contribution in [3.8, 4) is 23.0 Å². The maximum absolute atomic E-state index is 12.3. The van der Waals surface area contributed by atoms with Gasteiger partial charge in [-0.3, -0.25) is 45.2 Å². The van der Waals surface area contributed by atoms with Crippen molar-refractivity contribution >= 4 is 39.5 Å². The lowest BCUT2D eigenvalue weighted by Gasteiger charge is -2.20. The fourth-order valence-corrected chi connectivity index (χ4v) is 6.44. The highest BCUT2D eigenvalue weighted by molar-refractivity contribution is 7.91. The van der Waals surface area contributed by atoms with Gasteiger partial charge >= 0.3 is 0 Å². The van der Waals surface area contributed by atoms with Crippen molar-refractivity contribution in [2.24, 2.45) is 11.8 Å². The van der Waals surface area contributed by atoms with Gasteiger partial charge in [-0.1, -0.05) is 12.1 Å². The smallest absolute Gasteiger partial charge is 0.249 e. The second-order valence-electron chi connectivity index (χ2n) is 10.6. The van der Waals surface area contributed by atoms with Crippen LogP contribution in [0.4, 0.5) is 11.9 Å². The van der Waals surface area contributed by atoms with E-state index in [1.165, 1.54) is 0 Å². The average Bonchev–Trinajstić information content (AvgIpc) is 3.81. The van der Waals surface area contributed by atoms with Gasteiger partial charge in [0.05, 0.1) is 23.3 Å². The van der Waals surface area contributed by atoms with Crippen LogP contribution in [0.25, 0.3) is 23.0 Å². The molecule has 3 amide bonds. The second-order valence-corrected chi connectivity index (χ2v) is 12.8. The molecule has 0 aliphatic carbocycles. The number of carbonyl (C=O) groups excluding carboxylic acids is 3. The van der Waals surface area contributed by atoms with Gasteiger partial charge in [0.2, 0.25) is 29.6 Å². The first kappa shape index (κ1) is 30.4. The Morgan fingerprint density at radius 1 is 0.886 bits per heavy atom. The number of aromatic nitrogens is 8. The van der Waals surface area contributed by atoms with Crippen LogP contribution in [0.15, 0.2) is 48.8 Å². The van der Waals surface area contributed by atoms with Gasteiger partial charge in [-0.25, -0.2) is 8.42 Å². The number of nitrogens with zero attached hydrogens (tertiary/aromatic N) is 7. The Balaban J connectivity index is 0.000000175. The Labute approximate surface area is 252 Å². The maximum Gasteiger partial charge on any atom is 0.249 e. The van der Waals surface area contributed by atoms with Crippen LogP contribution in [0.1, 0.15) is 26.7 Å². The Bertz CT molecular complexity index is 1720. The lowest BCUT2D eigenvalue weighted by Crippen LogP contribution is -2.33. The number of H-pyrrole nitrogens is 2. The zero-order chi connectivity index (χ0) is 31.3. The van der Waals surface area contributed by atoms with E-state index in [9.17, 15) is 22.8 Å². The number of amides is 3. The summed E-state index contributed by atoms with van der Waals surface area (Å²) in [6.45, 7) is 4.30. The quantitative estimate of drug-likeness (QED) is 0.230. The number of likely N-dealkylation sites (tertiary alicyclic amines) is 1. The van der Waals surface area contributed by atoms with E-state index in [0.29, 0.717) is 36.0 Å². The van der Waals surface area contributed by atoms with Crippen LogP contribution in [-0.4, -0.2) is 95.5 Å². The number of pyridine rings is 2. The van der Waals surface area contributed by atoms with Crippen molar-refractivity contribution in [3.05, 3.63) is 48.8 Å². The highest BCUT2D eigenvalue weighted by Crippen LogP contribution is 2.22. The van der Waals surface area contributed by atoms with Gasteiger partial charge in [0.25, 0.3) is 0 Å². The van der Waals surface area contributed by atoms with Crippen molar-refractivity contribution < 1.29 is 22.8 Å². The molecule has 16 nitrogen and oxygen atoms in total. The number of nitrogens with one attached hydrogen (secondary N) is 4. The molecule has 4 aromatic heterocycles. The molecule has 4 N–H and O–H groups in total. The van der Waals surface area contributed by atoms with Gasteiger partial charge in [-0.05, 0) is 44.5 Å². The normalized spacial score (nSPS) is 19.0. The average molecular weight is 622 g/mol. The molecule has 230 valence electrons. The predicted molar refractivity (Wildman–Crippen MR) is 158 cm³/mol. The minimum absolute atomic E-state index is 0.00399. The van der Waals surface area contributed by atoms with Crippen LogP contribution in [0.5, 0.6) is 0 Å². The Kier molecular flexibility index (Phi) is 9.03. The van der Waals surface area contributed by atoms with Crippen LogP contribution in [-0.2, 0) is 24.2 Å². The summed E-state index contributed by atoms with van der Waals surface area (Å²) < 4.78 is 22.7. The highest BCUT2D eigenvalue weighted by Gasteiger charge is 2.36. The topological polar surface area (TPSA) is 222 Å². The van der Waals surface area contributed by atoms with E-state index in [-0.39, 0.29) is 59.5 Å². The van der Waals surface area contributed by atoms with E-state index in [4.69, 9.17) is 0 Å². The van der Waals surface area contributed by atoms with E-state index in [1.807, 2.05) is 26.0 Å². The lowest BCUT2D eigenvalue weighted by atomic mass is 10.1.